The summed E-state index contributed by atoms with van der Waals surface area (Å²) in [7, 11) is -3.34. The molecule has 1 aromatic rings. The van der Waals surface area contributed by atoms with Gasteiger partial charge in [-0.1, -0.05) is 6.07 Å². The summed E-state index contributed by atoms with van der Waals surface area (Å²) >= 11 is 0. The van der Waals surface area contributed by atoms with Crippen LogP contribution < -0.4 is 5.56 Å². The van der Waals surface area contributed by atoms with Crippen LogP contribution in [0.15, 0.2) is 23.0 Å². The summed E-state index contributed by atoms with van der Waals surface area (Å²) in [5.41, 5.74) is 1.08. The van der Waals surface area contributed by atoms with Crippen LogP contribution in [0.2, 0.25) is 0 Å². The van der Waals surface area contributed by atoms with Crippen LogP contribution in [0, 0.1) is 5.92 Å². The van der Waals surface area contributed by atoms with E-state index in [4.69, 9.17) is 9.05 Å². The second-order valence-corrected chi connectivity index (χ2v) is 9.27. The lowest BCUT2D eigenvalue weighted by atomic mass is 9.84. The monoisotopic (exact) mass is 354 g/mol. The molecule has 3 rings (SSSR count). The van der Waals surface area contributed by atoms with Crippen LogP contribution in [-0.2, 0) is 20.2 Å². The van der Waals surface area contributed by atoms with E-state index in [1.165, 1.54) is 0 Å². The van der Waals surface area contributed by atoms with Crippen LogP contribution in [0.5, 0.6) is 0 Å². The number of hydrogen-bond acceptors (Lipinski definition) is 4. The molecule has 2 atom stereocenters. The molecule has 6 nitrogen and oxygen atoms in total. The fourth-order valence-electron chi connectivity index (χ4n) is 3.76. The molecule has 2 aliphatic rings. The molecule has 0 saturated carbocycles. The van der Waals surface area contributed by atoms with Gasteiger partial charge < -0.3 is 4.57 Å². The Kier molecular flexibility index (Phi) is 5.03. The SMILES string of the molecule is CC(C)OP(=O)(OC(C)C)N1C[C@H]2C[C@@H](C1)c1cccc(=O)n1C2. The van der Waals surface area contributed by atoms with E-state index in [9.17, 15) is 9.36 Å². The van der Waals surface area contributed by atoms with Crippen molar-refractivity contribution in [2.75, 3.05) is 13.1 Å². The van der Waals surface area contributed by atoms with Gasteiger partial charge in [0.05, 0.1) is 12.2 Å². The summed E-state index contributed by atoms with van der Waals surface area (Å²) in [4.78, 5) is 12.1. The van der Waals surface area contributed by atoms with Crippen LogP contribution in [0.1, 0.15) is 45.7 Å². The highest BCUT2D eigenvalue weighted by Crippen LogP contribution is 2.57. The van der Waals surface area contributed by atoms with E-state index in [-0.39, 0.29) is 29.6 Å². The van der Waals surface area contributed by atoms with Crippen LogP contribution in [0.4, 0.5) is 0 Å². The van der Waals surface area contributed by atoms with Crippen molar-refractivity contribution in [3.05, 3.63) is 34.2 Å². The van der Waals surface area contributed by atoms with Gasteiger partial charge in [-0.25, -0.2) is 9.24 Å². The molecule has 134 valence electrons. The predicted molar refractivity (Wildman–Crippen MR) is 93.2 cm³/mol. The van der Waals surface area contributed by atoms with Crippen molar-refractivity contribution in [2.45, 2.75) is 58.8 Å². The van der Waals surface area contributed by atoms with Gasteiger partial charge in [-0.15, -0.1) is 0 Å². The van der Waals surface area contributed by atoms with Gasteiger partial charge in [0.25, 0.3) is 5.56 Å². The molecule has 0 spiro atoms. The van der Waals surface area contributed by atoms with Crippen molar-refractivity contribution in [1.82, 2.24) is 9.24 Å². The fourth-order valence-corrected chi connectivity index (χ4v) is 5.97. The molecular weight excluding hydrogens is 327 g/mol. The number of piperidine rings is 1. The summed E-state index contributed by atoms with van der Waals surface area (Å²) in [5.74, 6) is 0.474. The minimum Gasteiger partial charge on any atom is -0.312 e. The number of fused-ring (bicyclic) bond motifs is 4. The molecule has 0 aromatic carbocycles. The van der Waals surface area contributed by atoms with Gasteiger partial charge in [-0.2, -0.15) is 0 Å². The summed E-state index contributed by atoms with van der Waals surface area (Å²) in [6.07, 6.45) is 0.668. The number of rotatable bonds is 5. The third kappa shape index (κ3) is 3.52. The maximum Gasteiger partial charge on any atom is 0.408 e. The first kappa shape index (κ1) is 17.9. The van der Waals surface area contributed by atoms with E-state index in [0.717, 1.165) is 12.1 Å². The molecule has 0 amide bonds. The average Bonchev–Trinajstić information content (AvgIpc) is 2.46. The van der Waals surface area contributed by atoms with Gasteiger partial charge in [-0.3, -0.25) is 13.8 Å². The number of pyridine rings is 1. The van der Waals surface area contributed by atoms with E-state index in [0.29, 0.717) is 19.6 Å². The lowest BCUT2D eigenvalue weighted by molar-refractivity contribution is 0.0796. The van der Waals surface area contributed by atoms with Crippen molar-refractivity contribution in [2.24, 2.45) is 5.92 Å². The quantitative estimate of drug-likeness (QED) is 0.760. The van der Waals surface area contributed by atoms with Crippen molar-refractivity contribution in [1.29, 1.82) is 0 Å². The number of hydrogen-bond donors (Lipinski definition) is 0. The van der Waals surface area contributed by atoms with E-state index in [1.54, 1.807) is 6.07 Å². The second kappa shape index (κ2) is 6.75. The molecule has 2 aliphatic heterocycles. The molecule has 0 N–H and O–H groups in total. The molecule has 2 bridgehead atoms. The normalized spacial score (nSPS) is 24.4. The van der Waals surface area contributed by atoms with Gasteiger partial charge in [0.1, 0.15) is 0 Å². The molecule has 1 fully saturated rings. The minimum absolute atomic E-state index is 0.0516. The Morgan fingerprint density at radius 2 is 1.75 bits per heavy atom. The molecule has 0 unspecified atom stereocenters. The molecule has 7 heteroatoms. The van der Waals surface area contributed by atoms with Gasteiger partial charge in [0.15, 0.2) is 0 Å². The molecule has 0 aliphatic carbocycles. The molecular formula is C17H27N2O4P. The van der Waals surface area contributed by atoms with E-state index in [1.807, 2.05) is 49.1 Å². The lowest BCUT2D eigenvalue weighted by Crippen LogP contribution is -2.46. The second-order valence-electron chi connectivity index (χ2n) is 7.35. The first-order chi connectivity index (χ1) is 11.3. The highest BCUT2D eigenvalue weighted by Gasteiger charge is 2.44. The van der Waals surface area contributed by atoms with Crippen LogP contribution in [0.25, 0.3) is 0 Å². The Morgan fingerprint density at radius 3 is 2.38 bits per heavy atom. The highest BCUT2D eigenvalue weighted by atomic mass is 31.2. The zero-order chi connectivity index (χ0) is 17.5. The summed E-state index contributed by atoms with van der Waals surface area (Å²) in [6.45, 7) is 9.38. The maximum absolute atomic E-state index is 13.4. The molecule has 1 aromatic heterocycles. The Balaban J connectivity index is 1.90. The lowest BCUT2D eigenvalue weighted by Gasteiger charge is -2.44. The fraction of sp³-hybridized carbons (Fsp3) is 0.706. The first-order valence-corrected chi connectivity index (χ1v) is 10.2. The van der Waals surface area contributed by atoms with Crippen molar-refractivity contribution in [3.8, 4) is 0 Å². The molecule has 0 radical (unpaired) electrons. The largest absolute Gasteiger partial charge is 0.408 e. The summed E-state index contributed by atoms with van der Waals surface area (Å²) in [5, 5.41) is 0. The Labute approximate surface area is 143 Å². The van der Waals surface area contributed by atoms with E-state index < -0.39 is 7.75 Å². The smallest absolute Gasteiger partial charge is 0.312 e. The van der Waals surface area contributed by atoms with Crippen LogP contribution in [-0.4, -0.2) is 34.5 Å². The molecule has 24 heavy (non-hydrogen) atoms. The van der Waals surface area contributed by atoms with Crippen molar-refractivity contribution in [3.63, 3.8) is 0 Å². The first-order valence-electron chi connectivity index (χ1n) is 8.70. The average molecular weight is 354 g/mol. The third-order valence-corrected chi connectivity index (χ3v) is 6.89. The summed E-state index contributed by atoms with van der Waals surface area (Å²) < 4.78 is 28.7. The Hall–Kier alpha value is -0.940. The predicted octanol–water partition coefficient (Wildman–Crippen LogP) is 3.23. The zero-order valence-electron chi connectivity index (χ0n) is 14.8. The number of aromatic nitrogens is 1. The van der Waals surface area contributed by atoms with E-state index >= 15 is 0 Å². The summed E-state index contributed by atoms with van der Waals surface area (Å²) in [6, 6.07) is 5.42. The minimum atomic E-state index is -3.34. The number of nitrogens with zero attached hydrogens (tertiary/aromatic N) is 2. The molecule has 3 heterocycles. The molecule has 1 saturated heterocycles. The van der Waals surface area contributed by atoms with Gasteiger partial charge >= 0.3 is 7.75 Å². The zero-order valence-corrected chi connectivity index (χ0v) is 15.7. The standard InChI is InChI=1S/C17H27N2O4P/c1-12(2)22-24(21,23-13(3)4)18-9-14-8-15(11-18)16-6-5-7-17(20)19(16)10-14/h5-7,12-15H,8-11H2,1-4H3/t14-,15+/m1/s1. The Morgan fingerprint density at radius 1 is 1.08 bits per heavy atom. The maximum atomic E-state index is 13.4. The van der Waals surface area contributed by atoms with Crippen molar-refractivity contribution >= 4 is 7.75 Å². The Bertz CT molecular complexity index is 686. The van der Waals surface area contributed by atoms with Crippen LogP contribution in [0.3, 0.4) is 0 Å². The highest BCUT2D eigenvalue weighted by molar-refractivity contribution is 7.51. The third-order valence-electron chi connectivity index (χ3n) is 4.49. The topological polar surface area (TPSA) is 60.8 Å². The van der Waals surface area contributed by atoms with Gasteiger partial charge in [0, 0.05) is 37.3 Å². The van der Waals surface area contributed by atoms with Crippen LogP contribution >= 0.6 is 7.75 Å². The van der Waals surface area contributed by atoms with Crippen molar-refractivity contribution < 1.29 is 13.6 Å². The van der Waals surface area contributed by atoms with Gasteiger partial charge in [-0.05, 0) is 46.1 Å². The van der Waals surface area contributed by atoms with Gasteiger partial charge in [0.2, 0.25) is 0 Å². The van der Waals surface area contributed by atoms with E-state index in [2.05, 4.69) is 0 Å².